The van der Waals surface area contributed by atoms with Gasteiger partial charge in [-0.1, -0.05) is 6.92 Å². The van der Waals surface area contributed by atoms with Gasteiger partial charge in [-0.15, -0.1) is 11.3 Å². The van der Waals surface area contributed by atoms with Crippen LogP contribution in [0.15, 0.2) is 12.1 Å². The lowest BCUT2D eigenvalue weighted by Gasteiger charge is -2.20. The number of rotatable bonds is 2. The Morgan fingerprint density at radius 2 is 2.36 bits per heavy atom. The standard InChI is InChI=1S/C11H16O2S/c1-7-5-6-13-11(7)10(12)9-4-3-8(2)14-9/h3-4,7,10-12H,5-6H2,1-2H3. The first-order valence-corrected chi connectivity index (χ1v) is 5.86. The molecule has 2 rings (SSSR count). The molecule has 1 fully saturated rings. The first-order chi connectivity index (χ1) is 6.68. The Balaban J connectivity index is 2.11. The lowest BCUT2D eigenvalue weighted by atomic mass is 9.99. The maximum atomic E-state index is 10.1. The van der Waals surface area contributed by atoms with E-state index >= 15 is 0 Å². The van der Waals surface area contributed by atoms with Crippen molar-refractivity contribution in [3.63, 3.8) is 0 Å². The highest BCUT2D eigenvalue weighted by atomic mass is 32.1. The highest BCUT2D eigenvalue weighted by Crippen LogP contribution is 2.33. The summed E-state index contributed by atoms with van der Waals surface area (Å²) in [7, 11) is 0. The van der Waals surface area contributed by atoms with Gasteiger partial charge in [0.25, 0.3) is 0 Å². The topological polar surface area (TPSA) is 29.5 Å². The van der Waals surface area contributed by atoms with Crippen molar-refractivity contribution in [3.8, 4) is 0 Å². The summed E-state index contributed by atoms with van der Waals surface area (Å²) >= 11 is 1.65. The first-order valence-electron chi connectivity index (χ1n) is 5.04. The van der Waals surface area contributed by atoms with E-state index in [4.69, 9.17) is 4.74 Å². The molecule has 2 nitrogen and oxygen atoms in total. The molecule has 0 aromatic carbocycles. The van der Waals surface area contributed by atoms with Gasteiger partial charge in [-0.3, -0.25) is 0 Å². The third-order valence-electron chi connectivity index (χ3n) is 2.81. The average Bonchev–Trinajstić information content (AvgIpc) is 2.73. The van der Waals surface area contributed by atoms with Gasteiger partial charge in [0.2, 0.25) is 0 Å². The molecule has 3 unspecified atom stereocenters. The second-order valence-corrected chi connectivity index (χ2v) is 5.31. The van der Waals surface area contributed by atoms with Crippen molar-refractivity contribution in [1.82, 2.24) is 0 Å². The van der Waals surface area contributed by atoms with Gasteiger partial charge in [0.05, 0.1) is 6.10 Å². The van der Waals surface area contributed by atoms with Gasteiger partial charge in [0, 0.05) is 16.4 Å². The molecular weight excluding hydrogens is 196 g/mol. The van der Waals surface area contributed by atoms with Crippen LogP contribution < -0.4 is 0 Å². The molecule has 14 heavy (non-hydrogen) atoms. The molecule has 0 saturated carbocycles. The van der Waals surface area contributed by atoms with Crippen LogP contribution in [0.2, 0.25) is 0 Å². The zero-order chi connectivity index (χ0) is 10.1. The minimum absolute atomic E-state index is 0.00644. The summed E-state index contributed by atoms with van der Waals surface area (Å²) in [6.45, 7) is 4.98. The quantitative estimate of drug-likeness (QED) is 0.816. The summed E-state index contributed by atoms with van der Waals surface area (Å²) in [5.41, 5.74) is 0. The van der Waals surface area contributed by atoms with Crippen molar-refractivity contribution in [1.29, 1.82) is 0 Å². The van der Waals surface area contributed by atoms with Gasteiger partial charge in [0.15, 0.2) is 0 Å². The number of hydrogen-bond donors (Lipinski definition) is 1. The van der Waals surface area contributed by atoms with Crippen molar-refractivity contribution in [2.24, 2.45) is 5.92 Å². The molecule has 1 N–H and O–H groups in total. The van der Waals surface area contributed by atoms with Crippen LogP contribution in [0.25, 0.3) is 0 Å². The van der Waals surface area contributed by atoms with Crippen molar-refractivity contribution in [2.75, 3.05) is 6.61 Å². The largest absolute Gasteiger partial charge is 0.385 e. The molecule has 0 radical (unpaired) electrons. The van der Waals surface area contributed by atoms with E-state index in [2.05, 4.69) is 13.8 Å². The molecule has 1 saturated heterocycles. The van der Waals surface area contributed by atoms with Gasteiger partial charge >= 0.3 is 0 Å². The fraction of sp³-hybridized carbons (Fsp3) is 0.636. The Kier molecular flexibility index (Phi) is 2.91. The molecule has 0 spiro atoms. The fourth-order valence-corrected chi connectivity index (χ4v) is 2.79. The number of aliphatic hydroxyl groups excluding tert-OH is 1. The highest BCUT2D eigenvalue weighted by molar-refractivity contribution is 7.12. The van der Waals surface area contributed by atoms with E-state index in [1.54, 1.807) is 11.3 Å². The van der Waals surface area contributed by atoms with Gasteiger partial charge < -0.3 is 9.84 Å². The van der Waals surface area contributed by atoms with Crippen LogP contribution in [0.4, 0.5) is 0 Å². The summed E-state index contributed by atoms with van der Waals surface area (Å²) in [6.07, 6.45) is 0.616. The number of hydrogen-bond acceptors (Lipinski definition) is 3. The first kappa shape index (κ1) is 10.1. The van der Waals surface area contributed by atoms with E-state index in [1.807, 2.05) is 12.1 Å². The monoisotopic (exact) mass is 212 g/mol. The molecule has 1 aliphatic heterocycles. The zero-order valence-electron chi connectivity index (χ0n) is 8.56. The van der Waals surface area contributed by atoms with Crippen LogP contribution in [0.1, 0.15) is 29.2 Å². The molecule has 2 heterocycles. The third kappa shape index (κ3) is 1.85. The van der Waals surface area contributed by atoms with Crippen LogP contribution in [-0.2, 0) is 4.74 Å². The van der Waals surface area contributed by atoms with Crippen LogP contribution in [0.3, 0.4) is 0 Å². The SMILES string of the molecule is Cc1ccc(C(O)C2OCCC2C)s1. The molecule has 3 atom stereocenters. The van der Waals surface area contributed by atoms with Gasteiger partial charge in [-0.05, 0) is 31.4 Å². The van der Waals surface area contributed by atoms with Gasteiger partial charge in [-0.25, -0.2) is 0 Å². The summed E-state index contributed by atoms with van der Waals surface area (Å²) in [4.78, 5) is 2.27. The molecule has 1 aliphatic rings. The Labute approximate surface area is 88.5 Å². The van der Waals surface area contributed by atoms with Crippen molar-refractivity contribution in [3.05, 3.63) is 21.9 Å². The minimum Gasteiger partial charge on any atom is -0.385 e. The van der Waals surface area contributed by atoms with Gasteiger partial charge in [-0.2, -0.15) is 0 Å². The van der Waals surface area contributed by atoms with E-state index < -0.39 is 6.10 Å². The molecule has 3 heteroatoms. The Morgan fingerprint density at radius 3 is 2.86 bits per heavy atom. The number of aliphatic hydroxyl groups is 1. The molecule has 1 aromatic heterocycles. The molecule has 78 valence electrons. The number of thiophene rings is 1. The van der Waals surface area contributed by atoms with E-state index in [-0.39, 0.29) is 6.10 Å². The van der Waals surface area contributed by atoms with Crippen molar-refractivity contribution >= 4 is 11.3 Å². The Bertz CT molecular complexity index is 308. The molecular formula is C11H16O2S. The number of aryl methyl sites for hydroxylation is 1. The molecule has 0 aliphatic carbocycles. The van der Waals surface area contributed by atoms with E-state index in [9.17, 15) is 5.11 Å². The van der Waals surface area contributed by atoms with Crippen LogP contribution in [0.5, 0.6) is 0 Å². The smallest absolute Gasteiger partial charge is 0.114 e. The Hall–Kier alpha value is -0.380. The lowest BCUT2D eigenvalue weighted by molar-refractivity contribution is -0.0160. The third-order valence-corrected chi connectivity index (χ3v) is 3.88. The predicted octanol–water partition coefficient (Wildman–Crippen LogP) is 2.51. The van der Waals surface area contributed by atoms with Crippen LogP contribution in [-0.4, -0.2) is 17.8 Å². The molecule has 0 bridgehead atoms. The maximum Gasteiger partial charge on any atom is 0.114 e. The Morgan fingerprint density at radius 1 is 1.57 bits per heavy atom. The van der Waals surface area contributed by atoms with E-state index in [0.29, 0.717) is 5.92 Å². The summed E-state index contributed by atoms with van der Waals surface area (Å²) in [5, 5.41) is 10.1. The maximum absolute atomic E-state index is 10.1. The summed E-state index contributed by atoms with van der Waals surface area (Å²) in [5.74, 6) is 0.465. The fourth-order valence-electron chi connectivity index (χ4n) is 1.90. The number of ether oxygens (including phenoxy) is 1. The lowest BCUT2D eigenvalue weighted by Crippen LogP contribution is -2.22. The van der Waals surface area contributed by atoms with E-state index in [1.165, 1.54) is 4.88 Å². The minimum atomic E-state index is -0.439. The van der Waals surface area contributed by atoms with Crippen LogP contribution >= 0.6 is 11.3 Å². The average molecular weight is 212 g/mol. The summed E-state index contributed by atoms with van der Waals surface area (Å²) < 4.78 is 5.55. The van der Waals surface area contributed by atoms with E-state index in [0.717, 1.165) is 17.9 Å². The highest BCUT2D eigenvalue weighted by Gasteiger charge is 2.32. The zero-order valence-corrected chi connectivity index (χ0v) is 9.38. The molecule has 1 aromatic rings. The summed E-state index contributed by atoms with van der Waals surface area (Å²) in [6, 6.07) is 4.04. The normalized spacial score (nSPS) is 29.4. The van der Waals surface area contributed by atoms with Crippen molar-refractivity contribution in [2.45, 2.75) is 32.5 Å². The van der Waals surface area contributed by atoms with Crippen LogP contribution in [0, 0.1) is 12.8 Å². The molecule has 0 amide bonds. The second-order valence-electron chi connectivity index (χ2n) is 3.99. The van der Waals surface area contributed by atoms with Gasteiger partial charge in [0.1, 0.15) is 6.10 Å². The predicted molar refractivity (Wildman–Crippen MR) is 57.5 cm³/mol. The van der Waals surface area contributed by atoms with Crippen molar-refractivity contribution < 1.29 is 9.84 Å². The second kappa shape index (κ2) is 4.01.